The van der Waals surface area contributed by atoms with E-state index in [4.69, 9.17) is 4.74 Å². The number of carboxylic acids is 1. The number of carbonyl (C=O) groups is 5. The number of allylic oxidation sites excluding steroid dienone is 2. The summed E-state index contributed by atoms with van der Waals surface area (Å²) in [5.41, 5.74) is 0.543. The lowest BCUT2D eigenvalue weighted by molar-refractivity contribution is -0.131. The summed E-state index contributed by atoms with van der Waals surface area (Å²) in [6.07, 6.45) is 2.36. The second kappa shape index (κ2) is 11.2. The number of amides is 4. The predicted molar refractivity (Wildman–Crippen MR) is 168 cm³/mol. The molecule has 240 valence electrons. The highest BCUT2D eigenvalue weighted by Crippen LogP contribution is 2.63. The first-order valence-corrected chi connectivity index (χ1v) is 15.5. The number of aromatic hydroxyl groups is 1. The highest BCUT2D eigenvalue weighted by molar-refractivity contribution is 6.25. The number of hydrogen-bond acceptors (Lipinski definition) is 8. The molecule has 6 atom stereocenters. The molecule has 0 bridgehead atoms. The number of nitrogens with zero attached hydrogens (tertiary/aromatic N) is 2. The van der Waals surface area contributed by atoms with Gasteiger partial charge >= 0.3 is 5.97 Å². The number of para-hydroxylation sites is 1. The number of benzene rings is 3. The van der Waals surface area contributed by atoms with Crippen molar-refractivity contribution in [1.82, 2.24) is 0 Å². The third-order valence-corrected chi connectivity index (χ3v) is 10.3. The molecule has 7 rings (SSSR count). The maximum Gasteiger partial charge on any atom is 0.339 e. The number of imide groups is 2. The van der Waals surface area contributed by atoms with E-state index in [9.17, 15) is 39.3 Å². The summed E-state index contributed by atoms with van der Waals surface area (Å²) in [6.45, 7) is 1.77. The molecule has 6 unspecified atom stereocenters. The van der Waals surface area contributed by atoms with Gasteiger partial charge in [-0.3, -0.25) is 19.2 Å². The number of ether oxygens (including phenoxy) is 1. The molecule has 11 nitrogen and oxygen atoms in total. The van der Waals surface area contributed by atoms with Crippen molar-refractivity contribution in [2.24, 2.45) is 29.1 Å². The molecule has 3 N–H and O–H groups in total. The van der Waals surface area contributed by atoms with Crippen molar-refractivity contribution in [2.75, 3.05) is 23.0 Å². The second-order valence-corrected chi connectivity index (χ2v) is 12.7. The van der Waals surface area contributed by atoms with Crippen LogP contribution >= 0.6 is 0 Å². The van der Waals surface area contributed by atoms with E-state index in [1.807, 2.05) is 25.1 Å². The van der Waals surface area contributed by atoms with Gasteiger partial charge in [0.2, 0.25) is 23.6 Å². The number of carboxylic acid groups (broad SMARTS) is 1. The number of carbonyl (C=O) groups excluding carboxylic acids is 4. The molecule has 3 aromatic carbocycles. The number of hydrogen-bond donors (Lipinski definition) is 3. The van der Waals surface area contributed by atoms with E-state index in [0.717, 1.165) is 28.2 Å². The Kier molecular flexibility index (Phi) is 7.24. The third kappa shape index (κ3) is 4.48. The highest BCUT2D eigenvalue weighted by Gasteiger charge is 2.67. The van der Waals surface area contributed by atoms with E-state index in [1.54, 1.807) is 42.5 Å². The first kappa shape index (κ1) is 30.4. The molecule has 2 heterocycles. The van der Waals surface area contributed by atoms with Crippen molar-refractivity contribution >= 4 is 41.0 Å². The van der Waals surface area contributed by atoms with Crippen molar-refractivity contribution < 1.29 is 44.0 Å². The Hall–Kier alpha value is -5.29. The van der Waals surface area contributed by atoms with Crippen LogP contribution < -0.4 is 14.5 Å². The second-order valence-electron chi connectivity index (χ2n) is 12.7. The van der Waals surface area contributed by atoms with Crippen molar-refractivity contribution in [3.05, 3.63) is 95.6 Å². The van der Waals surface area contributed by atoms with Crippen LogP contribution in [-0.2, 0) is 19.2 Å². The van der Waals surface area contributed by atoms with Crippen LogP contribution in [0.4, 0.5) is 11.4 Å². The number of aliphatic hydroxyl groups excluding tert-OH is 1. The van der Waals surface area contributed by atoms with Gasteiger partial charge in [-0.25, -0.2) is 14.6 Å². The summed E-state index contributed by atoms with van der Waals surface area (Å²) < 4.78 is 5.56. The number of anilines is 2. The van der Waals surface area contributed by atoms with Gasteiger partial charge in [-0.2, -0.15) is 0 Å². The van der Waals surface area contributed by atoms with E-state index in [0.29, 0.717) is 11.4 Å². The number of rotatable bonds is 7. The van der Waals surface area contributed by atoms with Gasteiger partial charge in [0.1, 0.15) is 23.7 Å². The summed E-state index contributed by atoms with van der Waals surface area (Å²) in [6, 6.07) is 19.5. The molecule has 0 radical (unpaired) electrons. The zero-order valence-corrected chi connectivity index (χ0v) is 25.4. The third-order valence-electron chi connectivity index (χ3n) is 10.3. The van der Waals surface area contributed by atoms with Crippen LogP contribution in [0.1, 0.15) is 41.6 Å². The normalized spacial score (nSPS) is 28.1. The van der Waals surface area contributed by atoms with Crippen LogP contribution in [0, 0.1) is 29.1 Å². The van der Waals surface area contributed by atoms with Crippen LogP contribution in [0.2, 0.25) is 0 Å². The predicted octanol–water partition coefficient (Wildman–Crippen LogP) is 3.90. The van der Waals surface area contributed by atoms with E-state index < -0.39 is 58.5 Å². The Labute approximate surface area is 269 Å². The number of aliphatic hydroxyl groups is 1. The Morgan fingerprint density at radius 2 is 1.62 bits per heavy atom. The van der Waals surface area contributed by atoms with Gasteiger partial charge < -0.3 is 20.1 Å². The quantitative estimate of drug-likeness (QED) is 0.258. The zero-order chi connectivity index (χ0) is 33.2. The molecule has 3 fully saturated rings. The van der Waals surface area contributed by atoms with Gasteiger partial charge in [-0.05, 0) is 67.6 Å². The molecule has 4 amide bonds. The van der Waals surface area contributed by atoms with Gasteiger partial charge in [-0.1, -0.05) is 42.0 Å². The molecule has 11 heteroatoms. The van der Waals surface area contributed by atoms with Crippen molar-refractivity contribution in [2.45, 2.75) is 25.7 Å². The average molecular weight is 637 g/mol. The van der Waals surface area contributed by atoms with Gasteiger partial charge in [0.15, 0.2) is 0 Å². The molecule has 2 aliphatic carbocycles. The molecular weight excluding hydrogens is 604 g/mol. The maximum atomic E-state index is 14.5. The lowest BCUT2D eigenvalue weighted by Gasteiger charge is -2.49. The standard InChI is InChI=1S/C36H32N2O9/c1-36-27(32(42)38(35(36)46)20-5-3-2-4-6-20)18-26-23(30(36)19-7-10-22(11-8-19)47-16-15-39)13-14-25-29(26)33(43)37(31(25)41)21-9-12-24(34(44)45)28(40)17-21/h2-13,17,25-27,29-30,39-40H,14-16,18H2,1H3,(H,44,45). The molecule has 3 aromatic rings. The van der Waals surface area contributed by atoms with Crippen LogP contribution in [0.25, 0.3) is 0 Å². The topological polar surface area (TPSA) is 162 Å². The van der Waals surface area contributed by atoms with Gasteiger partial charge in [-0.15, -0.1) is 0 Å². The van der Waals surface area contributed by atoms with Gasteiger partial charge in [0.05, 0.1) is 41.2 Å². The monoisotopic (exact) mass is 636 g/mol. The highest BCUT2D eigenvalue weighted by atomic mass is 16.5. The molecule has 1 saturated carbocycles. The molecular formula is C36H32N2O9. The summed E-state index contributed by atoms with van der Waals surface area (Å²) in [5.74, 6) is -6.52. The van der Waals surface area contributed by atoms with Crippen LogP contribution in [0.5, 0.6) is 11.5 Å². The zero-order valence-electron chi connectivity index (χ0n) is 25.4. The number of fused-ring (bicyclic) bond motifs is 4. The van der Waals surface area contributed by atoms with Crippen molar-refractivity contribution in [3.8, 4) is 11.5 Å². The number of aromatic carboxylic acids is 1. The minimum Gasteiger partial charge on any atom is -0.507 e. The van der Waals surface area contributed by atoms with E-state index in [-0.39, 0.29) is 49.1 Å². The first-order chi connectivity index (χ1) is 22.6. The lowest BCUT2D eigenvalue weighted by atomic mass is 9.51. The lowest BCUT2D eigenvalue weighted by Crippen LogP contribution is -2.48. The average Bonchev–Trinajstić information content (AvgIpc) is 3.43. The summed E-state index contributed by atoms with van der Waals surface area (Å²) in [7, 11) is 0. The Bertz CT molecular complexity index is 1850. The minimum atomic E-state index is -1.35. The molecule has 0 spiro atoms. The molecule has 47 heavy (non-hydrogen) atoms. The Balaban J connectivity index is 1.32. The largest absolute Gasteiger partial charge is 0.507 e. The van der Waals surface area contributed by atoms with Gasteiger partial charge in [0.25, 0.3) is 0 Å². The smallest absolute Gasteiger partial charge is 0.339 e. The minimum absolute atomic E-state index is 0.0662. The van der Waals surface area contributed by atoms with Crippen molar-refractivity contribution in [3.63, 3.8) is 0 Å². The molecule has 4 aliphatic rings. The fourth-order valence-electron chi connectivity index (χ4n) is 8.23. The summed E-state index contributed by atoms with van der Waals surface area (Å²) in [5, 5.41) is 28.9. The maximum absolute atomic E-state index is 14.5. The first-order valence-electron chi connectivity index (χ1n) is 15.5. The fourth-order valence-corrected chi connectivity index (χ4v) is 8.23. The van der Waals surface area contributed by atoms with Crippen LogP contribution in [-0.4, -0.2) is 58.1 Å². The summed E-state index contributed by atoms with van der Waals surface area (Å²) in [4.78, 5) is 70.4. The van der Waals surface area contributed by atoms with E-state index in [2.05, 4.69) is 0 Å². The van der Waals surface area contributed by atoms with Gasteiger partial charge in [0, 0.05) is 12.0 Å². The fraction of sp³-hybridized carbons (Fsp3) is 0.306. The molecule has 2 saturated heterocycles. The van der Waals surface area contributed by atoms with Crippen LogP contribution in [0.15, 0.2) is 84.4 Å². The Morgan fingerprint density at radius 1 is 0.894 bits per heavy atom. The van der Waals surface area contributed by atoms with Crippen molar-refractivity contribution in [1.29, 1.82) is 0 Å². The van der Waals surface area contributed by atoms with Crippen LogP contribution in [0.3, 0.4) is 0 Å². The molecule has 0 aromatic heterocycles. The SMILES string of the molecule is CC12C(=O)N(c3ccccc3)C(=O)C1CC1C(=CCC3C(=O)N(c4ccc(C(=O)O)c(O)c4)C(=O)C31)C2c1ccc(OCCO)cc1. The molecule has 2 aliphatic heterocycles. The Morgan fingerprint density at radius 3 is 2.28 bits per heavy atom. The summed E-state index contributed by atoms with van der Waals surface area (Å²) >= 11 is 0. The van der Waals surface area contributed by atoms with E-state index in [1.165, 1.54) is 11.0 Å². The van der Waals surface area contributed by atoms with E-state index >= 15 is 0 Å². The number of phenols is 1.